The number of rotatable bonds is 4. The highest BCUT2D eigenvalue weighted by molar-refractivity contribution is 5.77. The molecule has 1 heterocycles. The molecule has 0 saturated carbocycles. The number of carbonyl (C=O) groups excluding carboxylic acids is 2. The molecule has 1 aromatic carbocycles. The fourth-order valence-corrected chi connectivity index (χ4v) is 2.58. The maximum absolute atomic E-state index is 12.2. The van der Waals surface area contributed by atoms with Gasteiger partial charge in [0.15, 0.2) is 0 Å². The number of para-hydroxylation sites is 1. The summed E-state index contributed by atoms with van der Waals surface area (Å²) in [5.74, 6) is 1.05. The highest BCUT2D eigenvalue weighted by atomic mass is 16.5. The number of methoxy groups -OCH3 is 1. The van der Waals surface area contributed by atoms with Gasteiger partial charge in [-0.1, -0.05) is 18.2 Å². The summed E-state index contributed by atoms with van der Waals surface area (Å²) in [7, 11) is 1.64. The Bertz CT molecular complexity index is 508. The lowest BCUT2D eigenvalue weighted by atomic mass is 10.1. The molecule has 5 nitrogen and oxygen atoms in total. The first-order valence-corrected chi connectivity index (χ1v) is 7.27. The van der Waals surface area contributed by atoms with E-state index >= 15 is 0 Å². The summed E-state index contributed by atoms with van der Waals surface area (Å²) < 4.78 is 5.29. The molecule has 0 atom stereocenters. The van der Waals surface area contributed by atoms with Crippen LogP contribution in [0.15, 0.2) is 24.3 Å². The quantitative estimate of drug-likeness (QED) is 0.840. The van der Waals surface area contributed by atoms with Gasteiger partial charge in [0, 0.05) is 39.5 Å². The predicted octanol–water partition coefficient (Wildman–Crippen LogP) is 1.32. The van der Waals surface area contributed by atoms with E-state index in [0.717, 1.165) is 11.3 Å². The van der Waals surface area contributed by atoms with Crippen LogP contribution < -0.4 is 4.74 Å². The van der Waals surface area contributed by atoms with Crippen LogP contribution in [0.4, 0.5) is 0 Å². The summed E-state index contributed by atoms with van der Waals surface area (Å²) in [4.78, 5) is 27.1. The third-order valence-electron chi connectivity index (χ3n) is 3.88. The van der Waals surface area contributed by atoms with Crippen molar-refractivity contribution in [1.82, 2.24) is 9.80 Å². The van der Waals surface area contributed by atoms with Gasteiger partial charge in [-0.2, -0.15) is 0 Å². The maximum atomic E-state index is 12.2. The zero-order valence-electron chi connectivity index (χ0n) is 12.7. The second kappa shape index (κ2) is 7.11. The van der Waals surface area contributed by atoms with E-state index in [1.165, 1.54) is 0 Å². The van der Waals surface area contributed by atoms with Gasteiger partial charge in [0.05, 0.1) is 7.11 Å². The number of nitrogens with zero attached hydrogens (tertiary/aromatic N) is 2. The van der Waals surface area contributed by atoms with Gasteiger partial charge in [-0.05, 0) is 18.1 Å². The van der Waals surface area contributed by atoms with Crippen LogP contribution in [0.5, 0.6) is 5.75 Å². The molecule has 0 aliphatic carbocycles. The zero-order valence-corrected chi connectivity index (χ0v) is 12.7. The number of piperazine rings is 1. The first-order chi connectivity index (χ1) is 10.1. The molecule has 0 spiro atoms. The van der Waals surface area contributed by atoms with Gasteiger partial charge in [-0.25, -0.2) is 0 Å². The number of carbonyl (C=O) groups is 2. The van der Waals surface area contributed by atoms with Crippen molar-refractivity contribution >= 4 is 11.8 Å². The van der Waals surface area contributed by atoms with Gasteiger partial charge in [0.25, 0.3) is 0 Å². The fourth-order valence-electron chi connectivity index (χ4n) is 2.58. The minimum atomic E-state index is 0.0797. The lowest BCUT2D eigenvalue weighted by molar-refractivity contribution is -0.138. The molecule has 1 saturated heterocycles. The Labute approximate surface area is 125 Å². The Kier molecular flexibility index (Phi) is 5.20. The third-order valence-corrected chi connectivity index (χ3v) is 3.88. The van der Waals surface area contributed by atoms with E-state index < -0.39 is 0 Å². The number of hydrogen-bond donors (Lipinski definition) is 0. The van der Waals surface area contributed by atoms with Crippen molar-refractivity contribution < 1.29 is 14.3 Å². The summed E-state index contributed by atoms with van der Waals surface area (Å²) in [5.41, 5.74) is 1.05. The predicted molar refractivity (Wildman–Crippen MR) is 80.1 cm³/mol. The smallest absolute Gasteiger partial charge is 0.223 e. The van der Waals surface area contributed by atoms with E-state index in [0.29, 0.717) is 39.0 Å². The second-order valence-corrected chi connectivity index (χ2v) is 5.20. The molecule has 1 aliphatic rings. The Morgan fingerprint density at radius 2 is 1.71 bits per heavy atom. The minimum absolute atomic E-state index is 0.0797. The van der Waals surface area contributed by atoms with Crippen LogP contribution in [0.1, 0.15) is 18.9 Å². The topological polar surface area (TPSA) is 49.9 Å². The van der Waals surface area contributed by atoms with Crippen molar-refractivity contribution in [1.29, 1.82) is 0 Å². The second-order valence-electron chi connectivity index (χ2n) is 5.20. The average Bonchev–Trinajstić information content (AvgIpc) is 2.52. The first-order valence-electron chi connectivity index (χ1n) is 7.27. The van der Waals surface area contributed by atoms with Gasteiger partial charge in [0.2, 0.25) is 11.8 Å². The Balaban J connectivity index is 1.84. The Morgan fingerprint density at radius 1 is 1.10 bits per heavy atom. The van der Waals surface area contributed by atoms with Crippen molar-refractivity contribution in [2.24, 2.45) is 0 Å². The number of amides is 2. The Hall–Kier alpha value is -2.04. The molecule has 0 unspecified atom stereocenters. The molecule has 0 N–H and O–H groups in total. The lowest BCUT2D eigenvalue weighted by Crippen LogP contribution is -2.50. The molecule has 0 radical (unpaired) electrons. The Morgan fingerprint density at radius 3 is 2.33 bits per heavy atom. The van der Waals surface area contributed by atoms with Crippen molar-refractivity contribution in [2.75, 3.05) is 33.3 Å². The molecule has 1 aromatic rings. The lowest BCUT2D eigenvalue weighted by Gasteiger charge is -2.34. The molecule has 114 valence electrons. The van der Waals surface area contributed by atoms with Gasteiger partial charge in [0.1, 0.15) is 5.75 Å². The molecule has 0 bridgehead atoms. The van der Waals surface area contributed by atoms with Gasteiger partial charge >= 0.3 is 0 Å². The van der Waals surface area contributed by atoms with Crippen LogP contribution in [-0.4, -0.2) is 54.9 Å². The number of ether oxygens (including phenoxy) is 1. The summed E-state index contributed by atoms with van der Waals surface area (Å²) in [6, 6.07) is 7.77. The molecule has 21 heavy (non-hydrogen) atoms. The van der Waals surface area contributed by atoms with E-state index in [-0.39, 0.29) is 11.8 Å². The molecule has 0 aromatic heterocycles. The van der Waals surface area contributed by atoms with Gasteiger partial charge < -0.3 is 14.5 Å². The monoisotopic (exact) mass is 290 g/mol. The van der Waals surface area contributed by atoms with Crippen LogP contribution in [0, 0.1) is 0 Å². The number of benzene rings is 1. The minimum Gasteiger partial charge on any atom is -0.496 e. The third kappa shape index (κ3) is 3.97. The van der Waals surface area contributed by atoms with Crippen LogP contribution in [0.2, 0.25) is 0 Å². The van der Waals surface area contributed by atoms with E-state index in [9.17, 15) is 9.59 Å². The molecule has 2 rings (SSSR count). The van der Waals surface area contributed by atoms with Crippen molar-refractivity contribution in [3.63, 3.8) is 0 Å². The first kappa shape index (κ1) is 15.4. The fraction of sp³-hybridized carbons (Fsp3) is 0.500. The van der Waals surface area contributed by atoms with Crippen LogP contribution in [0.25, 0.3) is 0 Å². The van der Waals surface area contributed by atoms with E-state index in [4.69, 9.17) is 4.74 Å². The molecular weight excluding hydrogens is 268 g/mol. The van der Waals surface area contributed by atoms with Crippen LogP contribution in [0.3, 0.4) is 0 Å². The molecule has 1 fully saturated rings. The molecule has 1 aliphatic heterocycles. The van der Waals surface area contributed by atoms with Crippen LogP contribution in [-0.2, 0) is 16.0 Å². The molecule has 2 amide bonds. The summed E-state index contributed by atoms with van der Waals surface area (Å²) in [6.07, 6.45) is 1.15. The molecular formula is C16H22N2O3. The van der Waals surface area contributed by atoms with Gasteiger partial charge in [-0.15, -0.1) is 0 Å². The van der Waals surface area contributed by atoms with E-state index in [2.05, 4.69) is 0 Å². The van der Waals surface area contributed by atoms with Crippen molar-refractivity contribution in [3.05, 3.63) is 29.8 Å². The van der Waals surface area contributed by atoms with Crippen molar-refractivity contribution in [2.45, 2.75) is 19.8 Å². The normalized spacial score (nSPS) is 15.0. The van der Waals surface area contributed by atoms with Crippen molar-refractivity contribution in [3.8, 4) is 5.75 Å². The van der Waals surface area contributed by atoms with E-state index in [1.54, 1.807) is 18.9 Å². The van der Waals surface area contributed by atoms with Crippen LogP contribution >= 0.6 is 0 Å². The average molecular weight is 290 g/mol. The van der Waals surface area contributed by atoms with E-state index in [1.807, 2.05) is 29.2 Å². The number of hydrogen-bond acceptors (Lipinski definition) is 3. The standard InChI is InChI=1S/C16H22N2O3/c1-13(19)17-9-11-18(12-10-17)16(20)8-7-14-5-3-4-6-15(14)21-2/h3-6H,7-12H2,1-2H3. The zero-order chi connectivity index (χ0) is 15.2. The number of aryl methyl sites for hydroxylation is 1. The maximum Gasteiger partial charge on any atom is 0.223 e. The molecule has 5 heteroatoms. The summed E-state index contributed by atoms with van der Waals surface area (Å²) in [5, 5.41) is 0. The largest absolute Gasteiger partial charge is 0.496 e. The summed E-state index contributed by atoms with van der Waals surface area (Å²) >= 11 is 0. The summed E-state index contributed by atoms with van der Waals surface area (Å²) in [6.45, 7) is 4.10. The SMILES string of the molecule is COc1ccccc1CCC(=O)N1CCN(C(C)=O)CC1. The highest BCUT2D eigenvalue weighted by Gasteiger charge is 2.22. The highest BCUT2D eigenvalue weighted by Crippen LogP contribution is 2.19. The van der Waals surface area contributed by atoms with Gasteiger partial charge in [-0.3, -0.25) is 9.59 Å².